The van der Waals surface area contributed by atoms with Crippen molar-refractivity contribution in [2.75, 3.05) is 13.1 Å². The molecule has 5 rings (SSSR count). The van der Waals surface area contributed by atoms with Crippen LogP contribution in [0.3, 0.4) is 0 Å². The van der Waals surface area contributed by atoms with Crippen molar-refractivity contribution in [3.63, 3.8) is 0 Å². The van der Waals surface area contributed by atoms with Crippen LogP contribution in [0.15, 0.2) is 36.9 Å². The van der Waals surface area contributed by atoms with E-state index in [0.29, 0.717) is 11.6 Å². The molecule has 0 saturated carbocycles. The molecule has 7 heteroatoms. The van der Waals surface area contributed by atoms with Gasteiger partial charge in [-0.15, -0.1) is 0 Å². The predicted octanol–water partition coefficient (Wildman–Crippen LogP) is 2.56. The van der Waals surface area contributed by atoms with E-state index in [-0.39, 0.29) is 5.91 Å². The maximum Gasteiger partial charge on any atom is 0.274 e. The van der Waals surface area contributed by atoms with Gasteiger partial charge in [0.05, 0.1) is 6.54 Å². The van der Waals surface area contributed by atoms with Gasteiger partial charge in [-0.3, -0.25) is 14.9 Å². The molecule has 7 nitrogen and oxygen atoms in total. The van der Waals surface area contributed by atoms with Crippen LogP contribution in [0.25, 0.3) is 0 Å². The Labute approximate surface area is 163 Å². The second-order valence-electron chi connectivity index (χ2n) is 7.72. The van der Waals surface area contributed by atoms with Gasteiger partial charge in [0.25, 0.3) is 5.91 Å². The van der Waals surface area contributed by atoms with Gasteiger partial charge in [-0.2, -0.15) is 5.10 Å². The average Bonchev–Trinajstić information content (AvgIpc) is 3.46. The Balaban J connectivity index is 1.25. The van der Waals surface area contributed by atoms with Crippen molar-refractivity contribution in [1.82, 2.24) is 29.6 Å². The Hall–Kier alpha value is -2.96. The Kier molecular flexibility index (Phi) is 4.43. The van der Waals surface area contributed by atoms with Crippen molar-refractivity contribution in [2.24, 2.45) is 0 Å². The molecule has 144 valence electrons. The molecular weight excluding hydrogens is 352 g/mol. The van der Waals surface area contributed by atoms with E-state index in [0.717, 1.165) is 68.8 Å². The van der Waals surface area contributed by atoms with Crippen LogP contribution < -0.4 is 0 Å². The van der Waals surface area contributed by atoms with Gasteiger partial charge in [-0.25, -0.2) is 4.98 Å². The van der Waals surface area contributed by atoms with Crippen LogP contribution in [0, 0.1) is 0 Å². The first-order chi connectivity index (χ1) is 13.8. The number of nitrogens with zero attached hydrogens (tertiary/aromatic N) is 5. The molecule has 0 spiro atoms. The van der Waals surface area contributed by atoms with Crippen molar-refractivity contribution in [2.45, 2.75) is 44.6 Å². The van der Waals surface area contributed by atoms with E-state index >= 15 is 0 Å². The second-order valence-corrected chi connectivity index (χ2v) is 7.72. The smallest absolute Gasteiger partial charge is 0.274 e. The monoisotopic (exact) mass is 376 g/mol. The predicted molar refractivity (Wildman–Crippen MR) is 104 cm³/mol. The lowest BCUT2D eigenvalue weighted by molar-refractivity contribution is 0.0703. The van der Waals surface area contributed by atoms with Crippen LogP contribution in [0.1, 0.15) is 58.3 Å². The minimum atomic E-state index is 0.0801. The van der Waals surface area contributed by atoms with Gasteiger partial charge in [0, 0.05) is 55.1 Å². The number of piperidine rings is 1. The summed E-state index contributed by atoms with van der Waals surface area (Å²) in [7, 11) is 0. The molecule has 1 saturated heterocycles. The number of imidazole rings is 1. The Bertz CT molecular complexity index is 968. The summed E-state index contributed by atoms with van der Waals surface area (Å²) in [5.41, 5.74) is 4.10. The third kappa shape index (κ3) is 3.10. The lowest BCUT2D eigenvalue weighted by atomic mass is 9.95. The molecule has 0 atom stereocenters. The number of aromatic nitrogens is 5. The van der Waals surface area contributed by atoms with Gasteiger partial charge < -0.3 is 9.47 Å². The van der Waals surface area contributed by atoms with Crippen molar-refractivity contribution in [3.8, 4) is 0 Å². The number of fused-ring (bicyclic) bond motifs is 1. The van der Waals surface area contributed by atoms with E-state index in [9.17, 15) is 4.79 Å². The first-order valence-electron chi connectivity index (χ1n) is 10.0. The standard InChI is InChI=1S/C21H24N6O/c28-21(19-17-4-1-5-18(17)24-25-19)26-10-6-16(7-11-26)20-23-9-12-27(20)14-15-3-2-8-22-13-15/h2-3,8-9,12-13,16H,1,4-7,10-11,14H2,(H,24,25). The minimum Gasteiger partial charge on any atom is -0.337 e. The summed E-state index contributed by atoms with van der Waals surface area (Å²) in [6.07, 6.45) is 12.6. The highest BCUT2D eigenvalue weighted by molar-refractivity contribution is 5.94. The summed E-state index contributed by atoms with van der Waals surface area (Å²) >= 11 is 0. The van der Waals surface area contributed by atoms with Crippen molar-refractivity contribution in [1.29, 1.82) is 0 Å². The molecule has 2 aliphatic rings. The number of rotatable bonds is 4. The summed E-state index contributed by atoms with van der Waals surface area (Å²) in [5, 5.41) is 7.36. The maximum atomic E-state index is 12.9. The van der Waals surface area contributed by atoms with E-state index in [1.54, 1.807) is 6.20 Å². The number of H-pyrrole nitrogens is 1. The summed E-state index contributed by atoms with van der Waals surface area (Å²) < 4.78 is 2.21. The molecule has 3 aromatic heterocycles. The molecule has 4 heterocycles. The van der Waals surface area contributed by atoms with Gasteiger partial charge in [0.2, 0.25) is 0 Å². The molecule has 0 radical (unpaired) electrons. The summed E-state index contributed by atoms with van der Waals surface area (Å²) in [6.45, 7) is 2.29. The number of amides is 1. The highest BCUT2D eigenvalue weighted by atomic mass is 16.2. The number of hydrogen-bond donors (Lipinski definition) is 1. The second kappa shape index (κ2) is 7.22. The van der Waals surface area contributed by atoms with E-state index in [4.69, 9.17) is 0 Å². The molecule has 1 aliphatic heterocycles. The number of nitrogens with one attached hydrogen (secondary N) is 1. The third-order valence-corrected chi connectivity index (χ3v) is 5.98. The molecule has 28 heavy (non-hydrogen) atoms. The van der Waals surface area contributed by atoms with Crippen LogP contribution in [-0.4, -0.2) is 48.6 Å². The number of aryl methyl sites for hydroxylation is 1. The number of likely N-dealkylation sites (tertiary alicyclic amines) is 1. The first-order valence-corrected chi connectivity index (χ1v) is 10.0. The van der Waals surface area contributed by atoms with Crippen LogP contribution >= 0.6 is 0 Å². The fraction of sp³-hybridized carbons (Fsp3) is 0.429. The van der Waals surface area contributed by atoms with E-state index < -0.39 is 0 Å². The SMILES string of the molecule is O=C(c1n[nH]c2c1CCC2)N1CCC(c2nccn2Cc2cccnc2)CC1. The van der Waals surface area contributed by atoms with E-state index in [1.165, 1.54) is 5.56 Å². The molecular formula is C21H24N6O. The molecule has 0 unspecified atom stereocenters. The normalized spacial score (nSPS) is 17.1. The number of pyridine rings is 1. The fourth-order valence-electron chi connectivity index (χ4n) is 4.49. The topological polar surface area (TPSA) is 79.7 Å². The summed E-state index contributed by atoms with van der Waals surface area (Å²) in [4.78, 5) is 23.7. The molecule has 1 N–H and O–H groups in total. The molecule has 1 amide bonds. The molecule has 1 aliphatic carbocycles. The van der Waals surface area contributed by atoms with Crippen LogP contribution in [0.5, 0.6) is 0 Å². The van der Waals surface area contributed by atoms with Gasteiger partial charge in [0.15, 0.2) is 5.69 Å². The summed E-state index contributed by atoms with van der Waals surface area (Å²) in [6, 6.07) is 4.04. The van der Waals surface area contributed by atoms with Gasteiger partial charge in [0.1, 0.15) is 5.82 Å². The highest BCUT2D eigenvalue weighted by Gasteiger charge is 2.30. The number of aromatic amines is 1. The van der Waals surface area contributed by atoms with Crippen molar-refractivity contribution < 1.29 is 4.79 Å². The van der Waals surface area contributed by atoms with Gasteiger partial charge >= 0.3 is 0 Å². The lowest BCUT2D eigenvalue weighted by Crippen LogP contribution is -2.39. The van der Waals surface area contributed by atoms with Gasteiger partial charge in [-0.05, 0) is 43.7 Å². The zero-order valence-corrected chi connectivity index (χ0v) is 15.8. The minimum absolute atomic E-state index is 0.0801. The van der Waals surface area contributed by atoms with Crippen LogP contribution in [0.4, 0.5) is 0 Å². The first kappa shape index (κ1) is 17.2. The Morgan fingerprint density at radius 1 is 1.21 bits per heavy atom. The average molecular weight is 376 g/mol. The zero-order valence-electron chi connectivity index (χ0n) is 15.8. The molecule has 0 bridgehead atoms. The fourth-order valence-corrected chi connectivity index (χ4v) is 4.49. The van der Waals surface area contributed by atoms with E-state index in [1.807, 2.05) is 29.6 Å². The van der Waals surface area contributed by atoms with Crippen molar-refractivity contribution >= 4 is 5.91 Å². The number of carbonyl (C=O) groups excluding carboxylic acids is 1. The Morgan fingerprint density at radius 2 is 2.11 bits per heavy atom. The van der Waals surface area contributed by atoms with Crippen LogP contribution in [0.2, 0.25) is 0 Å². The van der Waals surface area contributed by atoms with Crippen LogP contribution in [-0.2, 0) is 19.4 Å². The largest absolute Gasteiger partial charge is 0.337 e. The maximum absolute atomic E-state index is 12.9. The highest BCUT2D eigenvalue weighted by Crippen LogP contribution is 2.29. The number of carbonyl (C=O) groups is 1. The number of hydrogen-bond acceptors (Lipinski definition) is 4. The molecule has 0 aromatic carbocycles. The summed E-state index contributed by atoms with van der Waals surface area (Å²) in [5.74, 6) is 1.56. The van der Waals surface area contributed by atoms with E-state index in [2.05, 4.69) is 30.8 Å². The van der Waals surface area contributed by atoms with Crippen molar-refractivity contribution in [3.05, 3.63) is 65.3 Å². The Morgan fingerprint density at radius 3 is 2.93 bits per heavy atom. The zero-order chi connectivity index (χ0) is 18.9. The third-order valence-electron chi connectivity index (χ3n) is 5.98. The lowest BCUT2D eigenvalue weighted by Gasteiger charge is -2.31. The quantitative estimate of drug-likeness (QED) is 0.759. The molecule has 3 aromatic rings. The molecule has 1 fully saturated rings. The van der Waals surface area contributed by atoms with Gasteiger partial charge in [-0.1, -0.05) is 6.07 Å².